The van der Waals surface area contributed by atoms with Crippen LogP contribution in [0.1, 0.15) is 45.7 Å². The van der Waals surface area contributed by atoms with Crippen molar-refractivity contribution < 1.29 is 4.74 Å². The van der Waals surface area contributed by atoms with Crippen LogP contribution >= 0.6 is 15.9 Å². The SMILES string of the molecule is CCCNC(c1ccc(OC)c(Br)c1)C(C)(C)C. The molecule has 1 rings (SSSR count). The van der Waals surface area contributed by atoms with Crippen molar-refractivity contribution >= 4 is 15.9 Å². The van der Waals surface area contributed by atoms with Gasteiger partial charge in [0.25, 0.3) is 0 Å². The summed E-state index contributed by atoms with van der Waals surface area (Å²) in [7, 11) is 1.69. The van der Waals surface area contributed by atoms with Crippen LogP contribution in [0.4, 0.5) is 0 Å². The van der Waals surface area contributed by atoms with E-state index in [1.165, 1.54) is 5.56 Å². The van der Waals surface area contributed by atoms with Crippen LogP contribution in [0.5, 0.6) is 5.75 Å². The number of hydrogen-bond acceptors (Lipinski definition) is 2. The largest absolute Gasteiger partial charge is 0.496 e. The van der Waals surface area contributed by atoms with E-state index in [4.69, 9.17) is 4.74 Å². The van der Waals surface area contributed by atoms with Gasteiger partial charge in [-0.15, -0.1) is 0 Å². The van der Waals surface area contributed by atoms with Gasteiger partial charge in [-0.25, -0.2) is 0 Å². The maximum absolute atomic E-state index is 5.28. The summed E-state index contributed by atoms with van der Waals surface area (Å²) in [6.45, 7) is 10.0. The minimum absolute atomic E-state index is 0.184. The van der Waals surface area contributed by atoms with Crippen molar-refractivity contribution in [2.45, 2.75) is 40.2 Å². The molecular formula is C15H24BrNO. The van der Waals surface area contributed by atoms with E-state index >= 15 is 0 Å². The highest BCUT2D eigenvalue weighted by atomic mass is 79.9. The van der Waals surface area contributed by atoms with Crippen LogP contribution < -0.4 is 10.1 Å². The Morgan fingerprint density at radius 2 is 2.00 bits per heavy atom. The third-order valence-corrected chi connectivity index (χ3v) is 3.59. The van der Waals surface area contributed by atoms with Gasteiger partial charge in [0, 0.05) is 6.04 Å². The maximum Gasteiger partial charge on any atom is 0.133 e. The lowest BCUT2D eigenvalue weighted by atomic mass is 9.82. The van der Waals surface area contributed by atoms with Crippen LogP contribution in [-0.2, 0) is 0 Å². The molecule has 1 atom stereocenters. The Labute approximate surface area is 119 Å². The molecule has 0 amide bonds. The van der Waals surface area contributed by atoms with E-state index in [0.717, 1.165) is 23.2 Å². The van der Waals surface area contributed by atoms with Crippen LogP contribution in [0.3, 0.4) is 0 Å². The van der Waals surface area contributed by atoms with Gasteiger partial charge in [-0.05, 0) is 52.0 Å². The van der Waals surface area contributed by atoms with E-state index in [1.807, 2.05) is 6.07 Å². The fourth-order valence-electron chi connectivity index (χ4n) is 2.07. The summed E-state index contributed by atoms with van der Waals surface area (Å²) in [6, 6.07) is 6.66. The molecule has 102 valence electrons. The number of nitrogens with one attached hydrogen (secondary N) is 1. The summed E-state index contributed by atoms with van der Waals surface area (Å²) in [5.41, 5.74) is 1.48. The molecule has 0 heterocycles. The first kappa shape index (κ1) is 15.5. The van der Waals surface area contributed by atoms with Gasteiger partial charge < -0.3 is 10.1 Å². The molecule has 0 aliphatic carbocycles. The zero-order chi connectivity index (χ0) is 13.8. The Morgan fingerprint density at radius 1 is 1.33 bits per heavy atom. The molecule has 1 aromatic carbocycles. The Kier molecular flexibility index (Phi) is 5.67. The summed E-state index contributed by atoms with van der Waals surface area (Å²) in [4.78, 5) is 0. The van der Waals surface area contributed by atoms with E-state index in [2.05, 4.69) is 61.1 Å². The predicted octanol–water partition coefficient (Wildman–Crippen LogP) is 4.54. The third kappa shape index (κ3) is 3.99. The molecule has 1 N–H and O–H groups in total. The number of methoxy groups -OCH3 is 1. The number of benzene rings is 1. The fourth-order valence-corrected chi connectivity index (χ4v) is 2.63. The Balaban J connectivity index is 3.02. The zero-order valence-electron chi connectivity index (χ0n) is 12.0. The standard InChI is InChI=1S/C15H24BrNO/c1-6-9-17-14(15(2,3)4)11-7-8-13(18-5)12(16)10-11/h7-8,10,14,17H,6,9H2,1-5H3. The molecule has 0 bridgehead atoms. The lowest BCUT2D eigenvalue weighted by Gasteiger charge is -2.32. The van der Waals surface area contributed by atoms with E-state index in [-0.39, 0.29) is 5.41 Å². The molecule has 0 fully saturated rings. The number of ether oxygens (including phenoxy) is 1. The van der Waals surface area contributed by atoms with Gasteiger partial charge in [-0.2, -0.15) is 0 Å². The van der Waals surface area contributed by atoms with Crippen molar-refractivity contribution in [2.75, 3.05) is 13.7 Å². The molecule has 0 aliphatic heterocycles. The van der Waals surface area contributed by atoms with E-state index < -0.39 is 0 Å². The summed E-state index contributed by atoms with van der Waals surface area (Å²) >= 11 is 3.56. The monoisotopic (exact) mass is 313 g/mol. The second-order valence-corrected chi connectivity index (χ2v) is 6.50. The molecule has 18 heavy (non-hydrogen) atoms. The summed E-state index contributed by atoms with van der Waals surface area (Å²) in [6.07, 6.45) is 1.14. The van der Waals surface area contributed by atoms with Crippen molar-refractivity contribution in [1.29, 1.82) is 0 Å². The molecule has 2 nitrogen and oxygen atoms in total. The van der Waals surface area contributed by atoms with Gasteiger partial charge in [-0.1, -0.05) is 33.8 Å². The molecule has 0 radical (unpaired) electrons. The quantitative estimate of drug-likeness (QED) is 0.861. The molecule has 0 aliphatic rings. The molecule has 3 heteroatoms. The number of halogens is 1. The lowest BCUT2D eigenvalue weighted by Crippen LogP contribution is -2.32. The van der Waals surface area contributed by atoms with Gasteiger partial charge >= 0.3 is 0 Å². The first-order chi connectivity index (χ1) is 8.40. The predicted molar refractivity (Wildman–Crippen MR) is 81.2 cm³/mol. The number of hydrogen-bond donors (Lipinski definition) is 1. The summed E-state index contributed by atoms with van der Waals surface area (Å²) in [5.74, 6) is 0.877. The Hall–Kier alpha value is -0.540. The third-order valence-electron chi connectivity index (χ3n) is 2.97. The lowest BCUT2D eigenvalue weighted by molar-refractivity contribution is 0.273. The van der Waals surface area contributed by atoms with Crippen molar-refractivity contribution in [3.8, 4) is 5.75 Å². The highest BCUT2D eigenvalue weighted by molar-refractivity contribution is 9.10. The molecular weight excluding hydrogens is 290 g/mol. The smallest absolute Gasteiger partial charge is 0.133 e. The van der Waals surface area contributed by atoms with Crippen LogP contribution in [-0.4, -0.2) is 13.7 Å². The van der Waals surface area contributed by atoms with E-state index in [9.17, 15) is 0 Å². The average molecular weight is 314 g/mol. The minimum Gasteiger partial charge on any atom is -0.496 e. The van der Waals surface area contributed by atoms with Gasteiger partial charge in [0.15, 0.2) is 0 Å². The minimum atomic E-state index is 0.184. The molecule has 0 saturated heterocycles. The topological polar surface area (TPSA) is 21.3 Å². The van der Waals surface area contributed by atoms with Gasteiger partial charge in [-0.3, -0.25) is 0 Å². The molecule has 1 unspecified atom stereocenters. The highest BCUT2D eigenvalue weighted by Gasteiger charge is 2.25. The molecule has 1 aromatic rings. The maximum atomic E-state index is 5.28. The summed E-state index contributed by atoms with van der Waals surface area (Å²) in [5, 5.41) is 3.63. The van der Waals surface area contributed by atoms with E-state index in [1.54, 1.807) is 7.11 Å². The second kappa shape index (κ2) is 6.58. The first-order valence-electron chi connectivity index (χ1n) is 6.47. The van der Waals surface area contributed by atoms with Crippen molar-refractivity contribution in [1.82, 2.24) is 5.32 Å². The van der Waals surface area contributed by atoms with Crippen LogP contribution in [0.2, 0.25) is 0 Å². The Morgan fingerprint density at radius 3 is 2.44 bits per heavy atom. The number of rotatable bonds is 5. The van der Waals surface area contributed by atoms with Gasteiger partial charge in [0.2, 0.25) is 0 Å². The van der Waals surface area contributed by atoms with Crippen LogP contribution in [0.25, 0.3) is 0 Å². The molecule has 0 spiro atoms. The fraction of sp³-hybridized carbons (Fsp3) is 0.600. The highest BCUT2D eigenvalue weighted by Crippen LogP contribution is 2.36. The van der Waals surface area contributed by atoms with Crippen molar-refractivity contribution in [3.05, 3.63) is 28.2 Å². The average Bonchev–Trinajstić information content (AvgIpc) is 2.28. The van der Waals surface area contributed by atoms with Gasteiger partial charge in [0.05, 0.1) is 11.6 Å². The molecule has 0 saturated carbocycles. The normalized spacial score (nSPS) is 13.4. The second-order valence-electron chi connectivity index (χ2n) is 5.65. The van der Waals surface area contributed by atoms with Crippen molar-refractivity contribution in [2.24, 2.45) is 5.41 Å². The van der Waals surface area contributed by atoms with Gasteiger partial charge in [0.1, 0.15) is 5.75 Å². The Bertz CT molecular complexity index is 385. The first-order valence-corrected chi connectivity index (χ1v) is 7.26. The van der Waals surface area contributed by atoms with E-state index in [0.29, 0.717) is 6.04 Å². The summed E-state index contributed by atoms with van der Waals surface area (Å²) < 4.78 is 6.29. The van der Waals surface area contributed by atoms with Crippen LogP contribution in [0, 0.1) is 5.41 Å². The zero-order valence-corrected chi connectivity index (χ0v) is 13.6. The van der Waals surface area contributed by atoms with Crippen LogP contribution in [0.15, 0.2) is 22.7 Å². The van der Waals surface area contributed by atoms with Crippen molar-refractivity contribution in [3.63, 3.8) is 0 Å². The molecule has 0 aromatic heterocycles.